The van der Waals surface area contributed by atoms with E-state index in [9.17, 15) is 4.79 Å². The summed E-state index contributed by atoms with van der Waals surface area (Å²) in [5.74, 6) is 2.30. The summed E-state index contributed by atoms with van der Waals surface area (Å²) in [7, 11) is 0. The van der Waals surface area contributed by atoms with E-state index in [-0.39, 0.29) is 11.3 Å². The molecule has 4 aliphatic rings. The number of halogens is 1. The summed E-state index contributed by atoms with van der Waals surface area (Å²) < 4.78 is 0.327. The number of rotatable bonds is 4. The second-order valence-electron chi connectivity index (χ2n) is 9.08. The topological polar surface area (TPSA) is 29.1 Å². The molecule has 0 spiro atoms. The predicted octanol–water partition coefficient (Wildman–Crippen LogP) is 5.87. The van der Waals surface area contributed by atoms with Crippen LogP contribution in [0.4, 0.5) is 5.69 Å². The molecule has 0 aliphatic heterocycles. The van der Waals surface area contributed by atoms with Crippen molar-refractivity contribution in [3.63, 3.8) is 0 Å². The molecule has 1 N–H and O–H groups in total. The molecule has 5 rings (SSSR count). The van der Waals surface area contributed by atoms with Gasteiger partial charge in [-0.2, -0.15) is 0 Å². The number of hydrogen-bond acceptors (Lipinski definition) is 1. The monoisotopic (exact) mass is 389 g/mol. The van der Waals surface area contributed by atoms with Crippen molar-refractivity contribution in [2.75, 3.05) is 5.32 Å². The third-order valence-corrected chi connectivity index (χ3v) is 7.43. The van der Waals surface area contributed by atoms with Gasteiger partial charge in [0.25, 0.3) is 0 Å². The molecule has 24 heavy (non-hydrogen) atoms. The number of carbonyl (C=O) groups excluding carboxylic acids is 1. The highest BCUT2D eigenvalue weighted by Gasteiger charge is 2.57. The van der Waals surface area contributed by atoms with Gasteiger partial charge in [-0.05, 0) is 73.3 Å². The van der Waals surface area contributed by atoms with E-state index in [0.717, 1.165) is 17.5 Å². The molecule has 1 aromatic rings. The van der Waals surface area contributed by atoms with Crippen LogP contribution in [0.15, 0.2) is 24.3 Å². The van der Waals surface area contributed by atoms with Crippen LogP contribution in [0.1, 0.15) is 70.3 Å². The maximum Gasteiger partial charge on any atom is 0.224 e. The Morgan fingerprint density at radius 1 is 1.21 bits per heavy atom. The number of para-hydroxylation sites is 1. The van der Waals surface area contributed by atoms with Gasteiger partial charge in [0.05, 0.1) is 0 Å². The first-order chi connectivity index (χ1) is 11.4. The number of amides is 1. The lowest BCUT2D eigenvalue weighted by Gasteiger charge is -2.60. The molecule has 4 saturated carbocycles. The Hall–Kier alpha value is -0.830. The summed E-state index contributed by atoms with van der Waals surface area (Å²) in [5, 5.41) is 3.23. The van der Waals surface area contributed by atoms with E-state index in [1.807, 2.05) is 12.1 Å². The fourth-order valence-electron chi connectivity index (χ4n) is 6.19. The molecule has 0 heterocycles. The van der Waals surface area contributed by atoms with Gasteiger partial charge in [-0.15, -0.1) is 0 Å². The fraction of sp³-hybridized carbons (Fsp3) is 0.667. The SMILES string of the molecule is CC(C)c1ccccc1NC(=O)CC12CC3CC(CC(Br)(C3)C1)C2. The Morgan fingerprint density at radius 2 is 1.88 bits per heavy atom. The molecule has 4 bridgehead atoms. The molecule has 1 aromatic carbocycles. The fourth-order valence-corrected chi connectivity index (χ4v) is 7.70. The lowest BCUT2D eigenvalue weighted by Crippen LogP contribution is -2.53. The van der Waals surface area contributed by atoms with Crippen LogP contribution in [0.3, 0.4) is 0 Å². The van der Waals surface area contributed by atoms with Gasteiger partial charge < -0.3 is 5.32 Å². The van der Waals surface area contributed by atoms with Crippen LogP contribution >= 0.6 is 15.9 Å². The van der Waals surface area contributed by atoms with Gasteiger partial charge >= 0.3 is 0 Å². The average Bonchev–Trinajstić information content (AvgIpc) is 2.43. The van der Waals surface area contributed by atoms with Crippen molar-refractivity contribution >= 4 is 27.5 Å². The predicted molar refractivity (Wildman–Crippen MR) is 103 cm³/mol. The number of benzene rings is 1. The van der Waals surface area contributed by atoms with E-state index in [4.69, 9.17) is 0 Å². The highest BCUT2D eigenvalue weighted by atomic mass is 79.9. The summed E-state index contributed by atoms with van der Waals surface area (Å²) in [4.78, 5) is 12.8. The summed E-state index contributed by atoms with van der Waals surface area (Å²) in [6, 6.07) is 8.23. The summed E-state index contributed by atoms with van der Waals surface area (Å²) >= 11 is 4.05. The molecule has 130 valence electrons. The first-order valence-electron chi connectivity index (χ1n) is 9.44. The van der Waals surface area contributed by atoms with Crippen LogP contribution < -0.4 is 5.32 Å². The quantitative estimate of drug-likeness (QED) is 0.640. The van der Waals surface area contributed by atoms with Crippen molar-refractivity contribution in [1.82, 2.24) is 0 Å². The number of nitrogens with one attached hydrogen (secondary N) is 1. The molecular weight excluding hydrogens is 362 g/mol. The van der Waals surface area contributed by atoms with Gasteiger partial charge in [0.1, 0.15) is 0 Å². The maximum absolute atomic E-state index is 12.8. The van der Waals surface area contributed by atoms with Crippen LogP contribution in [-0.2, 0) is 4.79 Å². The van der Waals surface area contributed by atoms with Gasteiger partial charge in [-0.25, -0.2) is 0 Å². The zero-order valence-corrected chi connectivity index (χ0v) is 16.4. The van der Waals surface area contributed by atoms with E-state index in [1.54, 1.807) is 0 Å². The minimum atomic E-state index is 0.209. The second-order valence-corrected chi connectivity index (χ2v) is 10.8. The Bertz CT molecular complexity index is 639. The first kappa shape index (κ1) is 16.6. The Balaban J connectivity index is 1.49. The van der Waals surface area contributed by atoms with Crippen LogP contribution in [-0.4, -0.2) is 10.2 Å². The van der Waals surface area contributed by atoms with Crippen LogP contribution in [0.25, 0.3) is 0 Å². The van der Waals surface area contributed by atoms with E-state index in [2.05, 4.69) is 47.2 Å². The van der Waals surface area contributed by atoms with E-state index in [0.29, 0.717) is 16.7 Å². The minimum absolute atomic E-state index is 0.209. The zero-order chi connectivity index (χ0) is 16.9. The van der Waals surface area contributed by atoms with Gasteiger partial charge in [-0.1, -0.05) is 48.0 Å². The molecule has 4 aliphatic carbocycles. The van der Waals surface area contributed by atoms with Crippen LogP contribution in [0.2, 0.25) is 0 Å². The van der Waals surface area contributed by atoms with Crippen molar-refractivity contribution in [1.29, 1.82) is 0 Å². The molecule has 2 atom stereocenters. The normalized spacial score (nSPS) is 37.0. The lowest BCUT2D eigenvalue weighted by atomic mass is 9.48. The summed E-state index contributed by atoms with van der Waals surface area (Å²) in [5.41, 5.74) is 2.47. The first-order valence-corrected chi connectivity index (χ1v) is 10.2. The molecule has 4 fully saturated rings. The smallest absolute Gasteiger partial charge is 0.224 e. The second kappa shape index (κ2) is 5.86. The van der Waals surface area contributed by atoms with E-state index < -0.39 is 0 Å². The maximum atomic E-state index is 12.8. The van der Waals surface area contributed by atoms with Gasteiger partial charge in [0.15, 0.2) is 0 Å². The Morgan fingerprint density at radius 3 is 2.50 bits per heavy atom. The highest BCUT2D eigenvalue weighted by Crippen LogP contribution is 2.65. The van der Waals surface area contributed by atoms with Crippen molar-refractivity contribution in [3.8, 4) is 0 Å². The van der Waals surface area contributed by atoms with Crippen molar-refractivity contribution < 1.29 is 4.79 Å². The Kier molecular flexibility index (Phi) is 4.06. The zero-order valence-electron chi connectivity index (χ0n) is 14.8. The molecule has 2 nitrogen and oxygen atoms in total. The molecule has 0 aromatic heterocycles. The number of hydrogen-bond donors (Lipinski definition) is 1. The van der Waals surface area contributed by atoms with Gasteiger partial charge in [-0.3, -0.25) is 4.79 Å². The van der Waals surface area contributed by atoms with Crippen molar-refractivity contribution in [2.24, 2.45) is 17.3 Å². The lowest BCUT2D eigenvalue weighted by molar-refractivity contribution is -0.123. The standard InChI is InChI=1S/C21H28BrNO/c1-14(2)17-5-3-4-6-18(17)23-19(24)12-20-8-15-7-16(9-20)11-21(22,10-15)13-20/h3-6,14-16H,7-13H2,1-2H3,(H,23,24). The largest absolute Gasteiger partial charge is 0.326 e. The van der Waals surface area contributed by atoms with E-state index >= 15 is 0 Å². The molecular formula is C21H28BrNO. The van der Waals surface area contributed by atoms with Crippen LogP contribution in [0, 0.1) is 17.3 Å². The molecule has 2 unspecified atom stereocenters. The highest BCUT2D eigenvalue weighted by molar-refractivity contribution is 9.10. The van der Waals surface area contributed by atoms with Gasteiger partial charge in [0, 0.05) is 16.4 Å². The third-order valence-electron chi connectivity index (χ3n) is 6.50. The van der Waals surface area contributed by atoms with Gasteiger partial charge in [0.2, 0.25) is 5.91 Å². The molecule has 0 saturated heterocycles. The number of carbonyl (C=O) groups is 1. The van der Waals surface area contributed by atoms with E-state index in [1.165, 1.54) is 44.1 Å². The minimum Gasteiger partial charge on any atom is -0.326 e. The van der Waals surface area contributed by atoms with Crippen LogP contribution in [0.5, 0.6) is 0 Å². The molecule has 1 amide bonds. The molecule has 3 heteroatoms. The molecule has 0 radical (unpaired) electrons. The number of anilines is 1. The number of alkyl halides is 1. The van der Waals surface area contributed by atoms with Crippen molar-refractivity contribution in [3.05, 3.63) is 29.8 Å². The summed E-state index contributed by atoms with van der Waals surface area (Å²) in [6.45, 7) is 4.36. The van der Waals surface area contributed by atoms with Crippen molar-refractivity contribution in [2.45, 2.75) is 69.0 Å². The third kappa shape index (κ3) is 3.05. The average molecular weight is 390 g/mol. The summed E-state index contributed by atoms with van der Waals surface area (Å²) in [6.07, 6.45) is 8.44. The Labute approximate surface area is 153 Å².